The van der Waals surface area contributed by atoms with E-state index in [1.807, 2.05) is 35.2 Å². The highest BCUT2D eigenvalue weighted by molar-refractivity contribution is 5.92. The summed E-state index contributed by atoms with van der Waals surface area (Å²) in [7, 11) is 2.07. The molecule has 0 radical (unpaired) electrons. The van der Waals surface area contributed by atoms with Gasteiger partial charge in [0.05, 0.1) is 0 Å². The number of H-pyrrole nitrogens is 2. The summed E-state index contributed by atoms with van der Waals surface area (Å²) in [5.41, 5.74) is -0.0286. The first-order chi connectivity index (χ1) is 12.5. The van der Waals surface area contributed by atoms with Crippen molar-refractivity contribution in [3.05, 3.63) is 68.5 Å². The highest BCUT2D eigenvalue weighted by Crippen LogP contribution is 2.18. The van der Waals surface area contributed by atoms with Crippen LogP contribution < -0.4 is 11.2 Å². The van der Waals surface area contributed by atoms with E-state index in [0.29, 0.717) is 6.54 Å². The zero-order valence-corrected chi connectivity index (χ0v) is 14.9. The molecule has 0 bridgehead atoms. The van der Waals surface area contributed by atoms with Crippen LogP contribution in [0.5, 0.6) is 0 Å². The molecule has 0 spiro atoms. The van der Waals surface area contributed by atoms with Crippen LogP contribution >= 0.6 is 0 Å². The zero-order valence-electron chi connectivity index (χ0n) is 14.9. The Hall–Kier alpha value is -2.67. The lowest BCUT2D eigenvalue weighted by molar-refractivity contribution is 0.0588. The van der Waals surface area contributed by atoms with Crippen molar-refractivity contribution < 1.29 is 4.79 Å². The van der Waals surface area contributed by atoms with Crippen molar-refractivity contribution in [1.29, 1.82) is 0 Å². The predicted molar refractivity (Wildman–Crippen MR) is 99.4 cm³/mol. The third kappa shape index (κ3) is 4.49. The van der Waals surface area contributed by atoms with E-state index in [0.717, 1.165) is 44.0 Å². The molecule has 7 heteroatoms. The number of carbonyl (C=O) groups is 1. The lowest BCUT2D eigenvalue weighted by Gasteiger charge is -2.37. The first-order valence-corrected chi connectivity index (χ1v) is 8.90. The molecule has 2 N–H and O–H groups in total. The third-order valence-electron chi connectivity index (χ3n) is 4.86. The van der Waals surface area contributed by atoms with Gasteiger partial charge < -0.3 is 14.8 Å². The van der Waals surface area contributed by atoms with Crippen LogP contribution in [0.4, 0.5) is 0 Å². The summed E-state index contributed by atoms with van der Waals surface area (Å²) in [6.07, 6.45) is 2.49. The van der Waals surface area contributed by atoms with Gasteiger partial charge in [0, 0.05) is 18.7 Å². The molecule has 3 rings (SSSR count). The Kier molecular flexibility index (Phi) is 5.68. The number of likely N-dealkylation sites (tertiary alicyclic amines) is 1. The summed E-state index contributed by atoms with van der Waals surface area (Å²) in [5, 5.41) is 0. The maximum Gasteiger partial charge on any atom is 0.326 e. The number of nitrogens with one attached hydrogen (secondary N) is 2. The molecule has 26 heavy (non-hydrogen) atoms. The molecule has 1 aliphatic rings. The van der Waals surface area contributed by atoms with Crippen LogP contribution in [-0.2, 0) is 6.42 Å². The average molecular weight is 356 g/mol. The van der Waals surface area contributed by atoms with E-state index in [4.69, 9.17) is 0 Å². The van der Waals surface area contributed by atoms with E-state index in [-0.39, 0.29) is 17.6 Å². The van der Waals surface area contributed by atoms with Crippen LogP contribution in [-0.4, -0.2) is 58.4 Å². The van der Waals surface area contributed by atoms with Crippen LogP contribution in [0.15, 0.2) is 46.0 Å². The molecule has 0 aliphatic carbocycles. The minimum absolute atomic E-state index is 0.0470. The largest absolute Gasteiger partial charge is 0.334 e. The first-order valence-electron chi connectivity index (χ1n) is 8.90. The highest BCUT2D eigenvalue weighted by Gasteiger charge is 2.28. The highest BCUT2D eigenvalue weighted by atomic mass is 16.2. The molecular formula is C19H24N4O3. The molecule has 2 heterocycles. The van der Waals surface area contributed by atoms with Gasteiger partial charge in [-0.15, -0.1) is 0 Å². The summed E-state index contributed by atoms with van der Waals surface area (Å²) in [5.74, 6) is -0.293. The van der Waals surface area contributed by atoms with Crippen LogP contribution in [0, 0.1) is 0 Å². The zero-order chi connectivity index (χ0) is 18.5. The lowest BCUT2D eigenvalue weighted by atomic mass is 10.0. The normalized spacial score (nSPS) is 15.7. The number of aromatic amines is 2. The molecule has 1 amide bonds. The topological polar surface area (TPSA) is 89.3 Å². The fourth-order valence-electron chi connectivity index (χ4n) is 3.39. The van der Waals surface area contributed by atoms with Crippen molar-refractivity contribution in [3.8, 4) is 0 Å². The van der Waals surface area contributed by atoms with E-state index >= 15 is 0 Å². The van der Waals surface area contributed by atoms with Crippen LogP contribution in [0.25, 0.3) is 0 Å². The molecule has 1 saturated heterocycles. The number of aromatic nitrogens is 2. The van der Waals surface area contributed by atoms with Gasteiger partial charge in [0.2, 0.25) is 0 Å². The maximum atomic E-state index is 13.0. The summed E-state index contributed by atoms with van der Waals surface area (Å²) in [4.78, 5) is 44.8. The number of piperidine rings is 1. The number of nitrogens with zero attached hydrogens (tertiary/aromatic N) is 2. The van der Waals surface area contributed by atoms with Gasteiger partial charge in [0.25, 0.3) is 11.5 Å². The van der Waals surface area contributed by atoms with Crippen molar-refractivity contribution in [2.75, 3.05) is 26.7 Å². The number of benzene rings is 1. The average Bonchev–Trinajstić information content (AvgIpc) is 2.63. The molecule has 1 aromatic carbocycles. The smallest absolute Gasteiger partial charge is 0.326 e. The van der Waals surface area contributed by atoms with Crippen molar-refractivity contribution in [1.82, 2.24) is 19.8 Å². The van der Waals surface area contributed by atoms with Crippen LogP contribution in [0.1, 0.15) is 28.9 Å². The summed E-state index contributed by atoms with van der Waals surface area (Å²) in [6, 6.07) is 11.2. The quantitative estimate of drug-likeness (QED) is 0.831. The Morgan fingerprint density at radius 1 is 1.15 bits per heavy atom. The summed E-state index contributed by atoms with van der Waals surface area (Å²) >= 11 is 0. The summed E-state index contributed by atoms with van der Waals surface area (Å²) < 4.78 is 0. The SMILES string of the molecule is CN1CCC(N(CCc2ccccc2)C(=O)c2cc(=O)[nH]c(=O)[nH]2)CC1. The molecule has 1 aliphatic heterocycles. The predicted octanol–water partition coefficient (Wildman–Crippen LogP) is 0.842. The Labute approximate surface area is 151 Å². The van der Waals surface area contributed by atoms with Gasteiger partial charge in [0.15, 0.2) is 0 Å². The lowest BCUT2D eigenvalue weighted by Crippen LogP contribution is -2.48. The van der Waals surface area contributed by atoms with E-state index in [1.54, 1.807) is 0 Å². The molecule has 1 fully saturated rings. The summed E-state index contributed by atoms with van der Waals surface area (Å²) in [6.45, 7) is 2.39. The van der Waals surface area contributed by atoms with Gasteiger partial charge >= 0.3 is 5.69 Å². The van der Waals surface area contributed by atoms with Crippen molar-refractivity contribution in [3.63, 3.8) is 0 Å². The molecule has 2 aromatic rings. The van der Waals surface area contributed by atoms with E-state index in [9.17, 15) is 14.4 Å². The van der Waals surface area contributed by atoms with Crippen molar-refractivity contribution in [2.24, 2.45) is 0 Å². The van der Waals surface area contributed by atoms with Gasteiger partial charge in [-0.1, -0.05) is 30.3 Å². The van der Waals surface area contributed by atoms with E-state index in [1.165, 1.54) is 0 Å². The maximum absolute atomic E-state index is 13.0. The second kappa shape index (κ2) is 8.14. The monoisotopic (exact) mass is 356 g/mol. The molecule has 0 unspecified atom stereocenters. The number of rotatable bonds is 5. The Morgan fingerprint density at radius 2 is 1.85 bits per heavy atom. The standard InChI is InChI=1S/C19H24N4O3/c1-22-10-8-15(9-11-22)23(12-7-14-5-3-2-4-6-14)18(25)16-13-17(24)21-19(26)20-16/h2-6,13,15H,7-12H2,1H3,(H2,20,21,24,26). The molecular weight excluding hydrogens is 332 g/mol. The Balaban J connectivity index is 1.82. The number of hydrogen-bond acceptors (Lipinski definition) is 4. The fraction of sp³-hybridized carbons (Fsp3) is 0.421. The van der Waals surface area contributed by atoms with Gasteiger partial charge in [-0.25, -0.2) is 4.79 Å². The van der Waals surface area contributed by atoms with Crippen molar-refractivity contribution in [2.45, 2.75) is 25.3 Å². The minimum Gasteiger partial charge on any atom is -0.334 e. The van der Waals surface area contributed by atoms with E-state index < -0.39 is 11.2 Å². The fourth-order valence-corrected chi connectivity index (χ4v) is 3.39. The third-order valence-corrected chi connectivity index (χ3v) is 4.86. The molecule has 7 nitrogen and oxygen atoms in total. The Morgan fingerprint density at radius 3 is 2.50 bits per heavy atom. The molecule has 0 atom stereocenters. The molecule has 1 aromatic heterocycles. The number of hydrogen-bond donors (Lipinski definition) is 2. The Bertz CT molecular complexity index is 823. The molecule has 0 saturated carbocycles. The van der Waals surface area contributed by atoms with Crippen molar-refractivity contribution >= 4 is 5.91 Å². The van der Waals surface area contributed by atoms with Crippen LogP contribution in [0.3, 0.4) is 0 Å². The van der Waals surface area contributed by atoms with E-state index in [2.05, 4.69) is 21.9 Å². The minimum atomic E-state index is -0.660. The number of amides is 1. The van der Waals surface area contributed by atoms with Crippen LogP contribution in [0.2, 0.25) is 0 Å². The van der Waals surface area contributed by atoms with Gasteiger partial charge in [-0.05, 0) is 45.0 Å². The van der Waals surface area contributed by atoms with Gasteiger partial charge in [-0.2, -0.15) is 0 Å². The second-order valence-corrected chi connectivity index (χ2v) is 6.77. The van der Waals surface area contributed by atoms with Gasteiger partial charge in [0.1, 0.15) is 5.69 Å². The molecule has 138 valence electrons. The number of carbonyl (C=O) groups excluding carboxylic acids is 1. The second-order valence-electron chi connectivity index (χ2n) is 6.77. The van der Waals surface area contributed by atoms with Gasteiger partial charge in [-0.3, -0.25) is 14.6 Å². The first kappa shape index (κ1) is 18.1.